The summed E-state index contributed by atoms with van der Waals surface area (Å²) >= 11 is 0. The van der Waals surface area contributed by atoms with E-state index in [1.165, 1.54) is 20.3 Å². The van der Waals surface area contributed by atoms with E-state index in [0.717, 1.165) is 0 Å². The summed E-state index contributed by atoms with van der Waals surface area (Å²) in [6.07, 6.45) is 0. The van der Waals surface area contributed by atoms with Gasteiger partial charge in [0.05, 0.1) is 19.8 Å². The molecule has 0 fully saturated rings. The Bertz CT molecular complexity index is 504. The van der Waals surface area contributed by atoms with Crippen LogP contribution in [0.3, 0.4) is 0 Å². The Kier molecular flexibility index (Phi) is 3.33. The second-order valence-corrected chi connectivity index (χ2v) is 2.74. The van der Waals surface area contributed by atoms with Crippen molar-refractivity contribution in [3.05, 3.63) is 22.8 Å². The number of nitriles is 3. The van der Waals surface area contributed by atoms with E-state index in [4.69, 9.17) is 25.3 Å². The second kappa shape index (κ2) is 4.68. The van der Waals surface area contributed by atoms with E-state index in [1.807, 2.05) is 18.2 Å². The van der Waals surface area contributed by atoms with E-state index in [9.17, 15) is 0 Å². The summed E-state index contributed by atoms with van der Waals surface area (Å²) in [5.41, 5.74) is 0.0610. The molecule has 1 rings (SSSR count). The molecule has 1 aromatic rings. The van der Waals surface area contributed by atoms with E-state index in [0.29, 0.717) is 0 Å². The normalized spacial score (nSPS) is 8.44. The lowest BCUT2D eigenvalue weighted by Gasteiger charge is -2.09. The first-order valence-electron chi connectivity index (χ1n) is 4.22. The number of hydrogen-bond acceptors (Lipinski definition) is 5. The zero-order valence-corrected chi connectivity index (χ0v) is 8.74. The molecule has 0 saturated carbocycles. The SMILES string of the molecule is COc1cc(OC)c(C#N)c(C#N)c1C#N. The highest BCUT2D eigenvalue weighted by molar-refractivity contribution is 5.66. The van der Waals surface area contributed by atoms with Crippen molar-refractivity contribution >= 4 is 0 Å². The fourth-order valence-electron chi connectivity index (χ4n) is 1.29. The van der Waals surface area contributed by atoms with Gasteiger partial charge in [-0.2, -0.15) is 15.8 Å². The Labute approximate surface area is 92.7 Å². The van der Waals surface area contributed by atoms with Gasteiger partial charge in [-0.3, -0.25) is 0 Å². The van der Waals surface area contributed by atoms with E-state index in [2.05, 4.69) is 0 Å². The lowest BCUT2D eigenvalue weighted by molar-refractivity contribution is 0.392. The number of ether oxygens (including phenoxy) is 2. The van der Waals surface area contributed by atoms with E-state index < -0.39 is 0 Å². The van der Waals surface area contributed by atoms with Crippen molar-refractivity contribution in [1.82, 2.24) is 0 Å². The maximum Gasteiger partial charge on any atom is 0.141 e. The predicted octanol–water partition coefficient (Wildman–Crippen LogP) is 1.32. The van der Waals surface area contributed by atoms with Crippen LogP contribution in [0, 0.1) is 34.0 Å². The Hall–Kier alpha value is -2.71. The minimum Gasteiger partial charge on any atom is -0.495 e. The molecule has 0 aromatic heterocycles. The van der Waals surface area contributed by atoms with Gasteiger partial charge in [0.15, 0.2) is 0 Å². The molecule has 0 saturated heterocycles. The van der Waals surface area contributed by atoms with Gasteiger partial charge in [-0.15, -0.1) is 0 Å². The highest BCUT2D eigenvalue weighted by Crippen LogP contribution is 2.32. The van der Waals surface area contributed by atoms with Crippen molar-refractivity contribution < 1.29 is 9.47 Å². The van der Waals surface area contributed by atoms with Gasteiger partial charge in [0.1, 0.15) is 40.8 Å². The molecule has 78 valence electrons. The van der Waals surface area contributed by atoms with Gasteiger partial charge >= 0.3 is 0 Å². The zero-order chi connectivity index (χ0) is 12.1. The Balaban J connectivity index is 3.73. The van der Waals surface area contributed by atoms with Gasteiger partial charge in [0, 0.05) is 6.07 Å². The topological polar surface area (TPSA) is 89.8 Å². The average Bonchev–Trinajstić information content (AvgIpc) is 2.35. The summed E-state index contributed by atoms with van der Waals surface area (Å²) in [7, 11) is 2.76. The van der Waals surface area contributed by atoms with Gasteiger partial charge in [0.2, 0.25) is 0 Å². The summed E-state index contributed by atoms with van der Waals surface area (Å²) in [6.45, 7) is 0. The molecule has 0 radical (unpaired) electrons. The molecule has 5 heteroatoms. The number of hydrogen-bond donors (Lipinski definition) is 0. The third-order valence-corrected chi connectivity index (χ3v) is 2.03. The minimum atomic E-state index is -0.0267. The van der Waals surface area contributed by atoms with Crippen LogP contribution in [0.25, 0.3) is 0 Å². The lowest BCUT2D eigenvalue weighted by Crippen LogP contribution is -1.99. The van der Waals surface area contributed by atoms with Gasteiger partial charge in [-0.25, -0.2) is 0 Å². The van der Waals surface area contributed by atoms with Crippen molar-refractivity contribution in [2.24, 2.45) is 0 Å². The molecule has 0 aliphatic carbocycles. The van der Waals surface area contributed by atoms with Crippen LogP contribution in [0.2, 0.25) is 0 Å². The third-order valence-electron chi connectivity index (χ3n) is 2.03. The molecule has 1 aromatic carbocycles. The number of rotatable bonds is 2. The Morgan fingerprint density at radius 1 is 0.812 bits per heavy atom. The van der Waals surface area contributed by atoms with Gasteiger partial charge < -0.3 is 9.47 Å². The fourth-order valence-corrected chi connectivity index (χ4v) is 1.29. The average molecular weight is 213 g/mol. The summed E-state index contributed by atoms with van der Waals surface area (Å²) in [5, 5.41) is 26.8. The van der Waals surface area contributed by atoms with Gasteiger partial charge in [-0.1, -0.05) is 0 Å². The van der Waals surface area contributed by atoms with Crippen molar-refractivity contribution in [2.45, 2.75) is 0 Å². The van der Waals surface area contributed by atoms with E-state index in [-0.39, 0.29) is 28.2 Å². The zero-order valence-electron chi connectivity index (χ0n) is 8.74. The highest BCUT2D eigenvalue weighted by Gasteiger charge is 2.19. The summed E-state index contributed by atoms with van der Waals surface area (Å²) < 4.78 is 9.92. The molecule has 0 spiro atoms. The standard InChI is InChI=1S/C11H7N3O2/c1-15-10-3-11(16-2)9(6-14)7(4-12)8(10)5-13/h3H,1-2H3. The van der Waals surface area contributed by atoms with Crippen LogP contribution in [0.15, 0.2) is 6.07 Å². The van der Waals surface area contributed by atoms with Crippen LogP contribution in [-0.4, -0.2) is 14.2 Å². The quantitative estimate of drug-likeness (QED) is 0.738. The number of methoxy groups -OCH3 is 2. The summed E-state index contributed by atoms with van der Waals surface area (Å²) in [5.74, 6) is 0.435. The Morgan fingerprint density at radius 2 is 1.19 bits per heavy atom. The molecule has 0 bridgehead atoms. The minimum absolute atomic E-state index is 0.0267. The molecule has 16 heavy (non-hydrogen) atoms. The predicted molar refractivity (Wildman–Crippen MR) is 53.7 cm³/mol. The summed E-state index contributed by atoms with van der Waals surface area (Å²) in [4.78, 5) is 0. The molecule has 0 amide bonds. The third kappa shape index (κ3) is 1.61. The second-order valence-electron chi connectivity index (χ2n) is 2.74. The fraction of sp³-hybridized carbons (Fsp3) is 0.182. The lowest BCUT2D eigenvalue weighted by atomic mass is 10.0. The molecule has 0 aliphatic rings. The van der Waals surface area contributed by atoms with Crippen molar-refractivity contribution in [2.75, 3.05) is 14.2 Å². The first kappa shape index (κ1) is 11.4. The molecular weight excluding hydrogens is 206 g/mol. The van der Waals surface area contributed by atoms with Gasteiger partial charge in [0.25, 0.3) is 0 Å². The summed E-state index contributed by atoms with van der Waals surface area (Å²) in [6, 6.07) is 6.90. The molecule has 0 atom stereocenters. The smallest absolute Gasteiger partial charge is 0.141 e. The first-order chi connectivity index (χ1) is 7.73. The molecular formula is C11H7N3O2. The van der Waals surface area contributed by atoms with E-state index >= 15 is 0 Å². The monoisotopic (exact) mass is 213 g/mol. The maximum absolute atomic E-state index is 8.94. The largest absolute Gasteiger partial charge is 0.495 e. The van der Waals surface area contributed by atoms with E-state index in [1.54, 1.807) is 0 Å². The van der Waals surface area contributed by atoms with Crippen molar-refractivity contribution in [3.8, 4) is 29.7 Å². The van der Waals surface area contributed by atoms with Crippen LogP contribution >= 0.6 is 0 Å². The molecule has 0 heterocycles. The van der Waals surface area contributed by atoms with Crippen LogP contribution in [0.5, 0.6) is 11.5 Å². The Morgan fingerprint density at radius 3 is 1.44 bits per heavy atom. The number of nitrogens with zero attached hydrogens (tertiary/aromatic N) is 3. The molecule has 0 N–H and O–H groups in total. The van der Waals surface area contributed by atoms with Crippen LogP contribution in [-0.2, 0) is 0 Å². The highest BCUT2D eigenvalue weighted by atomic mass is 16.5. The van der Waals surface area contributed by atoms with Gasteiger partial charge in [-0.05, 0) is 0 Å². The molecule has 5 nitrogen and oxygen atoms in total. The van der Waals surface area contributed by atoms with Crippen LogP contribution in [0.1, 0.15) is 16.7 Å². The van der Waals surface area contributed by atoms with Crippen molar-refractivity contribution in [3.63, 3.8) is 0 Å². The van der Waals surface area contributed by atoms with Crippen LogP contribution in [0.4, 0.5) is 0 Å². The number of benzene rings is 1. The molecule has 0 aliphatic heterocycles. The van der Waals surface area contributed by atoms with Crippen molar-refractivity contribution in [1.29, 1.82) is 15.8 Å². The molecule has 0 unspecified atom stereocenters. The first-order valence-corrected chi connectivity index (χ1v) is 4.22. The van der Waals surface area contributed by atoms with Crippen LogP contribution < -0.4 is 9.47 Å². The maximum atomic E-state index is 8.94.